The number of anilines is 5. The normalized spacial score (nSPS) is 10.6. The lowest BCUT2D eigenvalue weighted by atomic mass is 10.1. The van der Waals surface area contributed by atoms with Crippen molar-refractivity contribution >= 4 is 28.4 Å². The Morgan fingerprint density at radius 1 is 0.471 bits per heavy atom. The summed E-state index contributed by atoms with van der Waals surface area (Å²) in [6.07, 6.45) is 0. The zero-order chi connectivity index (χ0) is 23.2. The lowest BCUT2D eigenvalue weighted by Gasteiger charge is -2.33. The Labute approximate surface area is 202 Å². The summed E-state index contributed by atoms with van der Waals surface area (Å²) in [6.45, 7) is 2.93. The maximum absolute atomic E-state index is 2.41. The van der Waals surface area contributed by atoms with Gasteiger partial charge < -0.3 is 9.80 Å². The number of hydrogen-bond donors (Lipinski definition) is 0. The van der Waals surface area contributed by atoms with Crippen LogP contribution in [0.5, 0.6) is 0 Å². The SMILES string of the molecule is Cc1cccc(CN(c2ccccc2)c2ccccc2N(c2ccccc2)c2ccccc2)c1. The van der Waals surface area contributed by atoms with E-state index in [1.165, 1.54) is 11.1 Å². The van der Waals surface area contributed by atoms with Crippen LogP contribution in [-0.2, 0) is 6.54 Å². The van der Waals surface area contributed by atoms with Gasteiger partial charge in [-0.05, 0) is 61.0 Å². The van der Waals surface area contributed by atoms with Crippen molar-refractivity contribution in [1.29, 1.82) is 0 Å². The Kier molecular flexibility index (Phi) is 6.40. The molecule has 0 aliphatic rings. The molecule has 5 rings (SSSR count). The standard InChI is InChI=1S/C32H28N2/c1-26-14-13-15-27(24-26)25-33(28-16-5-2-6-17-28)31-22-11-12-23-32(31)34(29-18-7-3-8-19-29)30-20-9-4-10-21-30/h2-24H,25H2,1H3. The average Bonchev–Trinajstić information content (AvgIpc) is 2.90. The number of hydrogen-bond acceptors (Lipinski definition) is 2. The Morgan fingerprint density at radius 3 is 1.53 bits per heavy atom. The van der Waals surface area contributed by atoms with Crippen LogP contribution >= 0.6 is 0 Å². The number of nitrogens with zero attached hydrogens (tertiary/aromatic N) is 2. The highest BCUT2D eigenvalue weighted by molar-refractivity contribution is 5.87. The highest BCUT2D eigenvalue weighted by atomic mass is 15.2. The van der Waals surface area contributed by atoms with Gasteiger partial charge in [0.15, 0.2) is 0 Å². The third kappa shape index (κ3) is 4.72. The summed E-state index contributed by atoms with van der Waals surface area (Å²) in [5.41, 5.74) is 8.27. The minimum atomic E-state index is 0.778. The summed E-state index contributed by atoms with van der Waals surface area (Å²) in [7, 11) is 0. The molecule has 2 nitrogen and oxygen atoms in total. The molecule has 0 saturated carbocycles. The van der Waals surface area contributed by atoms with Gasteiger partial charge in [-0.15, -0.1) is 0 Å². The second-order valence-corrected chi connectivity index (χ2v) is 8.41. The third-order valence-electron chi connectivity index (χ3n) is 5.93. The molecule has 34 heavy (non-hydrogen) atoms. The molecular weight excluding hydrogens is 412 g/mol. The highest BCUT2D eigenvalue weighted by Gasteiger charge is 2.20. The molecule has 5 aromatic rings. The van der Waals surface area contributed by atoms with Gasteiger partial charge in [0.2, 0.25) is 0 Å². The smallest absolute Gasteiger partial charge is 0.0698 e. The van der Waals surface area contributed by atoms with Gasteiger partial charge in [-0.3, -0.25) is 0 Å². The Hall–Kier alpha value is -4.30. The van der Waals surface area contributed by atoms with E-state index < -0.39 is 0 Å². The maximum Gasteiger partial charge on any atom is 0.0698 e. The van der Waals surface area contributed by atoms with Gasteiger partial charge in [0.25, 0.3) is 0 Å². The number of benzene rings is 5. The summed E-state index contributed by atoms with van der Waals surface area (Å²) in [4.78, 5) is 4.74. The van der Waals surface area contributed by atoms with Crippen molar-refractivity contribution in [2.75, 3.05) is 9.80 Å². The van der Waals surface area contributed by atoms with E-state index in [0.29, 0.717) is 0 Å². The van der Waals surface area contributed by atoms with E-state index in [1.807, 2.05) is 0 Å². The van der Waals surface area contributed by atoms with E-state index in [9.17, 15) is 0 Å². The zero-order valence-electron chi connectivity index (χ0n) is 19.4. The molecule has 0 fully saturated rings. The number of aryl methyl sites for hydroxylation is 1. The van der Waals surface area contributed by atoms with Crippen LogP contribution in [-0.4, -0.2) is 0 Å². The van der Waals surface area contributed by atoms with Crippen molar-refractivity contribution < 1.29 is 0 Å². The molecule has 0 heterocycles. The van der Waals surface area contributed by atoms with Crippen molar-refractivity contribution in [2.24, 2.45) is 0 Å². The predicted molar refractivity (Wildman–Crippen MR) is 145 cm³/mol. The van der Waals surface area contributed by atoms with Crippen LogP contribution in [0.4, 0.5) is 28.4 Å². The van der Waals surface area contributed by atoms with Gasteiger partial charge in [-0.2, -0.15) is 0 Å². The molecule has 0 aliphatic carbocycles. The molecule has 0 aliphatic heterocycles. The van der Waals surface area contributed by atoms with Gasteiger partial charge in [0.1, 0.15) is 0 Å². The van der Waals surface area contributed by atoms with Crippen LogP contribution in [0.1, 0.15) is 11.1 Å². The van der Waals surface area contributed by atoms with Gasteiger partial charge in [-0.1, -0.05) is 96.6 Å². The molecule has 0 unspecified atom stereocenters. The molecule has 0 N–H and O–H groups in total. The van der Waals surface area contributed by atoms with Gasteiger partial charge in [0, 0.05) is 23.6 Å². The van der Waals surface area contributed by atoms with Gasteiger partial charge in [0.05, 0.1) is 11.4 Å². The first-order valence-corrected chi connectivity index (χ1v) is 11.7. The third-order valence-corrected chi connectivity index (χ3v) is 5.93. The lowest BCUT2D eigenvalue weighted by Crippen LogP contribution is -2.20. The number of rotatable bonds is 7. The van der Waals surface area contributed by atoms with Crippen LogP contribution < -0.4 is 9.80 Å². The largest absolute Gasteiger partial charge is 0.335 e. The van der Waals surface area contributed by atoms with Crippen molar-refractivity contribution in [3.05, 3.63) is 151 Å². The summed E-state index contributed by atoms with van der Waals surface area (Å²) >= 11 is 0. The second kappa shape index (κ2) is 10.1. The van der Waals surface area contributed by atoms with Crippen LogP contribution in [0.25, 0.3) is 0 Å². The average molecular weight is 441 g/mol. The number of para-hydroxylation sites is 5. The van der Waals surface area contributed by atoms with Gasteiger partial charge in [-0.25, -0.2) is 0 Å². The summed E-state index contributed by atoms with van der Waals surface area (Å²) in [5.74, 6) is 0. The first-order valence-electron chi connectivity index (χ1n) is 11.7. The molecule has 0 radical (unpaired) electrons. The van der Waals surface area contributed by atoms with E-state index in [0.717, 1.165) is 35.0 Å². The summed E-state index contributed by atoms with van der Waals surface area (Å²) in [6, 6.07) is 49.2. The van der Waals surface area contributed by atoms with Crippen molar-refractivity contribution in [2.45, 2.75) is 13.5 Å². The van der Waals surface area contributed by atoms with E-state index >= 15 is 0 Å². The first-order chi connectivity index (χ1) is 16.8. The van der Waals surface area contributed by atoms with E-state index in [-0.39, 0.29) is 0 Å². The zero-order valence-corrected chi connectivity index (χ0v) is 19.4. The van der Waals surface area contributed by atoms with E-state index in [2.05, 4.69) is 156 Å². The van der Waals surface area contributed by atoms with Crippen LogP contribution in [0.2, 0.25) is 0 Å². The Morgan fingerprint density at radius 2 is 0.971 bits per heavy atom. The Bertz CT molecular complexity index is 1290. The van der Waals surface area contributed by atoms with E-state index in [1.54, 1.807) is 0 Å². The van der Waals surface area contributed by atoms with Crippen LogP contribution in [0.3, 0.4) is 0 Å². The van der Waals surface area contributed by atoms with Crippen molar-refractivity contribution in [3.63, 3.8) is 0 Å². The fraction of sp³-hybridized carbons (Fsp3) is 0.0625. The lowest BCUT2D eigenvalue weighted by molar-refractivity contribution is 0.970. The molecule has 0 saturated heterocycles. The Balaban J connectivity index is 1.68. The van der Waals surface area contributed by atoms with E-state index in [4.69, 9.17) is 0 Å². The fourth-order valence-corrected chi connectivity index (χ4v) is 4.38. The topological polar surface area (TPSA) is 6.48 Å². The van der Waals surface area contributed by atoms with Crippen molar-refractivity contribution in [1.82, 2.24) is 0 Å². The molecule has 0 aromatic heterocycles. The molecular formula is C32H28N2. The molecule has 0 spiro atoms. The molecule has 0 bridgehead atoms. The molecule has 0 amide bonds. The molecule has 166 valence electrons. The molecule has 5 aromatic carbocycles. The van der Waals surface area contributed by atoms with Gasteiger partial charge >= 0.3 is 0 Å². The first kappa shape index (κ1) is 21.5. The monoisotopic (exact) mass is 440 g/mol. The predicted octanol–water partition coefficient (Wildman–Crippen LogP) is 8.80. The summed E-state index contributed by atoms with van der Waals surface area (Å²) < 4.78 is 0. The highest BCUT2D eigenvalue weighted by Crippen LogP contribution is 2.42. The minimum absolute atomic E-state index is 0.778. The summed E-state index contributed by atoms with van der Waals surface area (Å²) in [5, 5.41) is 0. The van der Waals surface area contributed by atoms with Crippen LogP contribution in [0, 0.1) is 6.92 Å². The molecule has 0 atom stereocenters. The fourth-order valence-electron chi connectivity index (χ4n) is 4.38. The molecule has 2 heteroatoms. The minimum Gasteiger partial charge on any atom is -0.335 e. The second-order valence-electron chi connectivity index (χ2n) is 8.41. The quantitative estimate of drug-likeness (QED) is 0.249. The van der Waals surface area contributed by atoms with Crippen LogP contribution in [0.15, 0.2) is 140 Å². The van der Waals surface area contributed by atoms with Crippen molar-refractivity contribution in [3.8, 4) is 0 Å². The maximum atomic E-state index is 2.41.